The number of amides is 1. The molecule has 0 aliphatic carbocycles. The molecule has 2 rings (SSSR count). The van der Waals surface area contributed by atoms with Gasteiger partial charge in [-0.3, -0.25) is 9.69 Å². The maximum atomic E-state index is 12.2. The molecular weight excluding hydrogens is 317 g/mol. The monoisotopic (exact) mass is 343 g/mol. The van der Waals surface area contributed by atoms with Gasteiger partial charge < -0.3 is 20.1 Å². The molecule has 2 aliphatic heterocycles. The minimum Gasteiger partial charge on any atom is -0.383 e. The van der Waals surface area contributed by atoms with Crippen LogP contribution in [0.4, 0.5) is 0 Å². The summed E-state index contributed by atoms with van der Waals surface area (Å²) >= 11 is 0. The van der Waals surface area contributed by atoms with Crippen LogP contribution in [0.3, 0.4) is 0 Å². The van der Waals surface area contributed by atoms with Crippen molar-refractivity contribution in [2.24, 2.45) is 11.7 Å². The van der Waals surface area contributed by atoms with Crippen LogP contribution >= 0.6 is 24.8 Å². The zero-order valence-corrected chi connectivity index (χ0v) is 14.3. The fourth-order valence-corrected chi connectivity index (χ4v) is 3.00. The quantitative estimate of drug-likeness (QED) is 0.777. The van der Waals surface area contributed by atoms with Crippen molar-refractivity contribution in [2.75, 3.05) is 53.1 Å². The number of nitrogens with zero attached hydrogens (tertiary/aromatic N) is 2. The molecule has 3 unspecified atom stereocenters. The van der Waals surface area contributed by atoms with Crippen LogP contribution < -0.4 is 5.73 Å². The third-order valence-electron chi connectivity index (χ3n) is 4.06. The summed E-state index contributed by atoms with van der Waals surface area (Å²) in [5.41, 5.74) is 5.83. The highest BCUT2D eigenvalue weighted by atomic mass is 35.5. The first-order chi connectivity index (χ1) is 9.13. The second-order valence-corrected chi connectivity index (χ2v) is 5.50. The number of morpholine rings is 1. The first-order valence-electron chi connectivity index (χ1n) is 6.98. The van der Waals surface area contributed by atoms with Crippen LogP contribution in [0.5, 0.6) is 0 Å². The van der Waals surface area contributed by atoms with Crippen molar-refractivity contribution < 1.29 is 14.3 Å². The molecule has 3 atom stereocenters. The fourth-order valence-electron chi connectivity index (χ4n) is 3.00. The Morgan fingerprint density at radius 1 is 1.33 bits per heavy atom. The minimum absolute atomic E-state index is 0. The number of hydrogen-bond acceptors (Lipinski definition) is 5. The van der Waals surface area contributed by atoms with E-state index in [1.54, 1.807) is 7.11 Å². The Morgan fingerprint density at radius 2 is 1.95 bits per heavy atom. The molecule has 2 saturated heterocycles. The van der Waals surface area contributed by atoms with Gasteiger partial charge in [-0.25, -0.2) is 0 Å². The Balaban J connectivity index is 0.00000200. The van der Waals surface area contributed by atoms with Gasteiger partial charge in [-0.15, -0.1) is 24.8 Å². The van der Waals surface area contributed by atoms with E-state index in [0.717, 1.165) is 39.4 Å². The summed E-state index contributed by atoms with van der Waals surface area (Å²) < 4.78 is 10.3. The summed E-state index contributed by atoms with van der Waals surface area (Å²) in [6, 6.07) is -0.108. The van der Waals surface area contributed by atoms with E-state index in [0.29, 0.717) is 12.0 Å². The lowest BCUT2D eigenvalue weighted by atomic mass is 10.0. The van der Waals surface area contributed by atoms with Crippen LogP contribution in [0.15, 0.2) is 0 Å². The number of nitrogens with two attached hydrogens (primary N) is 1. The molecule has 0 bridgehead atoms. The zero-order valence-electron chi connectivity index (χ0n) is 12.7. The smallest absolute Gasteiger partial charge is 0.241 e. The number of halogens is 2. The number of rotatable bonds is 4. The van der Waals surface area contributed by atoms with Crippen molar-refractivity contribution in [2.45, 2.75) is 19.0 Å². The van der Waals surface area contributed by atoms with Crippen LogP contribution in [-0.2, 0) is 14.3 Å². The molecule has 0 aromatic carbocycles. The maximum Gasteiger partial charge on any atom is 0.241 e. The van der Waals surface area contributed by atoms with Crippen molar-refractivity contribution in [3.63, 3.8) is 0 Å². The molecule has 0 spiro atoms. The van der Waals surface area contributed by atoms with Gasteiger partial charge in [0.2, 0.25) is 5.91 Å². The maximum absolute atomic E-state index is 12.2. The molecule has 2 aliphatic rings. The van der Waals surface area contributed by atoms with Gasteiger partial charge in [0.25, 0.3) is 0 Å². The molecule has 0 radical (unpaired) electrons. The lowest BCUT2D eigenvalue weighted by Crippen LogP contribution is -2.49. The normalized spacial score (nSPS) is 27.7. The second kappa shape index (κ2) is 9.82. The first-order valence-corrected chi connectivity index (χ1v) is 6.98. The SMILES string of the molecule is COCC(N)C(=O)N1CC(C)C(N2CCOCC2)C1.Cl.Cl. The summed E-state index contributed by atoms with van der Waals surface area (Å²) in [4.78, 5) is 16.5. The van der Waals surface area contributed by atoms with E-state index in [9.17, 15) is 4.79 Å². The van der Waals surface area contributed by atoms with Crippen LogP contribution in [-0.4, -0.2) is 80.9 Å². The van der Waals surface area contributed by atoms with Gasteiger partial charge in [0.1, 0.15) is 6.04 Å². The highest BCUT2D eigenvalue weighted by Gasteiger charge is 2.37. The van der Waals surface area contributed by atoms with Gasteiger partial charge in [0.15, 0.2) is 0 Å². The predicted molar refractivity (Wildman–Crippen MR) is 86.3 cm³/mol. The van der Waals surface area contributed by atoms with Crippen molar-refractivity contribution in [3.05, 3.63) is 0 Å². The summed E-state index contributed by atoms with van der Waals surface area (Å²) in [6.45, 7) is 7.56. The third-order valence-corrected chi connectivity index (χ3v) is 4.06. The summed E-state index contributed by atoms with van der Waals surface area (Å²) in [6.07, 6.45) is 0. The summed E-state index contributed by atoms with van der Waals surface area (Å²) in [5, 5.41) is 0. The molecule has 0 saturated carbocycles. The largest absolute Gasteiger partial charge is 0.383 e. The third kappa shape index (κ3) is 5.23. The molecule has 2 N–H and O–H groups in total. The van der Waals surface area contributed by atoms with Crippen molar-refractivity contribution in [1.29, 1.82) is 0 Å². The Labute approximate surface area is 139 Å². The predicted octanol–water partition coefficient (Wildman–Crippen LogP) is -0.0172. The molecule has 2 heterocycles. The Kier molecular flexibility index (Phi) is 9.76. The molecular formula is C13H27Cl2N3O3. The topological polar surface area (TPSA) is 68.0 Å². The van der Waals surface area contributed by atoms with Crippen molar-refractivity contribution in [1.82, 2.24) is 9.80 Å². The van der Waals surface area contributed by atoms with Gasteiger partial charge in [-0.2, -0.15) is 0 Å². The Morgan fingerprint density at radius 3 is 2.52 bits per heavy atom. The minimum atomic E-state index is -0.541. The number of carbonyl (C=O) groups excluding carboxylic acids is 1. The zero-order chi connectivity index (χ0) is 13.8. The lowest BCUT2D eigenvalue weighted by Gasteiger charge is -2.34. The molecule has 1 amide bonds. The van der Waals surface area contributed by atoms with Gasteiger partial charge in [0, 0.05) is 39.3 Å². The average Bonchev–Trinajstić information content (AvgIpc) is 2.81. The average molecular weight is 344 g/mol. The number of carbonyl (C=O) groups is 1. The van der Waals surface area contributed by atoms with Gasteiger partial charge in [0.05, 0.1) is 19.8 Å². The molecule has 126 valence electrons. The van der Waals surface area contributed by atoms with Gasteiger partial charge in [-0.05, 0) is 5.92 Å². The first kappa shape index (κ1) is 20.9. The Bertz CT molecular complexity index is 317. The molecule has 2 fully saturated rings. The fraction of sp³-hybridized carbons (Fsp3) is 0.923. The Hall–Kier alpha value is -0.110. The number of methoxy groups -OCH3 is 1. The molecule has 0 aromatic rings. The van der Waals surface area contributed by atoms with E-state index in [4.69, 9.17) is 15.2 Å². The number of likely N-dealkylation sites (tertiary alicyclic amines) is 1. The van der Waals surface area contributed by atoms with E-state index in [2.05, 4.69) is 11.8 Å². The van der Waals surface area contributed by atoms with Crippen LogP contribution in [0.25, 0.3) is 0 Å². The van der Waals surface area contributed by atoms with Crippen molar-refractivity contribution >= 4 is 30.7 Å². The second-order valence-electron chi connectivity index (χ2n) is 5.50. The van der Waals surface area contributed by atoms with E-state index in [-0.39, 0.29) is 37.3 Å². The van der Waals surface area contributed by atoms with E-state index in [1.807, 2.05) is 4.90 Å². The van der Waals surface area contributed by atoms with Crippen LogP contribution in [0.2, 0.25) is 0 Å². The number of ether oxygens (including phenoxy) is 2. The van der Waals surface area contributed by atoms with E-state index < -0.39 is 6.04 Å². The van der Waals surface area contributed by atoms with Gasteiger partial charge in [-0.1, -0.05) is 6.92 Å². The van der Waals surface area contributed by atoms with E-state index in [1.165, 1.54) is 0 Å². The lowest BCUT2D eigenvalue weighted by molar-refractivity contribution is -0.133. The molecule has 0 aromatic heterocycles. The summed E-state index contributed by atoms with van der Waals surface area (Å²) in [7, 11) is 1.57. The standard InChI is InChI=1S/C13H25N3O3.2ClH/c1-10-7-16(13(17)11(14)9-18-2)8-12(10)15-3-5-19-6-4-15;;/h10-12H,3-9,14H2,1-2H3;2*1H. The molecule has 6 nitrogen and oxygen atoms in total. The van der Waals surface area contributed by atoms with Gasteiger partial charge >= 0.3 is 0 Å². The van der Waals surface area contributed by atoms with E-state index >= 15 is 0 Å². The highest BCUT2D eigenvalue weighted by molar-refractivity contribution is 5.85. The van der Waals surface area contributed by atoms with Crippen LogP contribution in [0, 0.1) is 5.92 Å². The summed E-state index contributed by atoms with van der Waals surface area (Å²) in [5.74, 6) is 0.487. The number of hydrogen-bond donors (Lipinski definition) is 1. The molecule has 21 heavy (non-hydrogen) atoms. The molecule has 8 heteroatoms. The van der Waals surface area contributed by atoms with Crippen molar-refractivity contribution in [3.8, 4) is 0 Å². The van der Waals surface area contributed by atoms with Crippen LogP contribution in [0.1, 0.15) is 6.92 Å². The highest BCUT2D eigenvalue weighted by Crippen LogP contribution is 2.23.